The number of pyridine rings is 1. The van der Waals surface area contributed by atoms with Gasteiger partial charge in [0.25, 0.3) is 5.91 Å². The average molecular weight is 281 g/mol. The number of carbonyl (C=O) groups excluding carboxylic acids is 1. The summed E-state index contributed by atoms with van der Waals surface area (Å²) in [6.45, 7) is 2.03. The molecular weight excluding hydrogens is 262 g/mol. The molecule has 1 aromatic rings. The fraction of sp³-hybridized carbons (Fsp3) is 0.462. The molecule has 110 valence electrons. The lowest BCUT2D eigenvalue weighted by molar-refractivity contribution is -0.137. The number of carboxylic acids is 1. The molecule has 0 aliphatic rings. The summed E-state index contributed by atoms with van der Waals surface area (Å²) in [6.07, 6.45) is 1.32. The van der Waals surface area contributed by atoms with E-state index in [-0.39, 0.29) is 12.1 Å². The van der Waals surface area contributed by atoms with E-state index >= 15 is 0 Å². The highest BCUT2D eigenvalue weighted by Gasteiger charge is 2.20. The molecule has 1 heterocycles. The van der Waals surface area contributed by atoms with E-state index in [1.165, 1.54) is 12.3 Å². The second kappa shape index (κ2) is 6.85. The molecule has 0 saturated heterocycles. The summed E-state index contributed by atoms with van der Waals surface area (Å²) in [4.78, 5) is 40.6. The normalized spacial score (nSPS) is 10.6. The highest BCUT2D eigenvalue weighted by Crippen LogP contribution is 2.01. The van der Waals surface area contributed by atoms with Crippen molar-refractivity contribution >= 4 is 11.9 Å². The zero-order chi connectivity index (χ0) is 15.3. The maximum Gasteiger partial charge on any atom is 0.323 e. The number of hydrogen-bond acceptors (Lipinski definition) is 4. The summed E-state index contributed by atoms with van der Waals surface area (Å²) in [5, 5.41) is 8.86. The van der Waals surface area contributed by atoms with Gasteiger partial charge < -0.3 is 19.9 Å². The third-order valence-electron chi connectivity index (χ3n) is 2.72. The predicted octanol–water partition coefficient (Wildman–Crippen LogP) is -0.228. The molecule has 2 N–H and O–H groups in total. The van der Waals surface area contributed by atoms with Crippen LogP contribution in [0.15, 0.2) is 17.1 Å². The summed E-state index contributed by atoms with van der Waals surface area (Å²) in [5.41, 5.74) is 0.187. The van der Waals surface area contributed by atoms with Crippen LogP contribution in [-0.2, 0) is 4.79 Å². The van der Waals surface area contributed by atoms with Crippen LogP contribution in [0.3, 0.4) is 0 Å². The first-order valence-corrected chi connectivity index (χ1v) is 6.16. The van der Waals surface area contributed by atoms with Gasteiger partial charge in [-0.3, -0.25) is 14.4 Å². The third kappa shape index (κ3) is 4.51. The monoisotopic (exact) mass is 281 g/mol. The number of amides is 1. The van der Waals surface area contributed by atoms with E-state index in [0.717, 1.165) is 4.90 Å². The molecule has 0 saturated carbocycles. The summed E-state index contributed by atoms with van der Waals surface area (Å²) >= 11 is 0. The molecule has 1 rings (SSSR count). The molecule has 0 spiro atoms. The molecule has 7 heteroatoms. The van der Waals surface area contributed by atoms with Crippen LogP contribution in [-0.4, -0.2) is 65.5 Å². The number of nitrogens with one attached hydrogen (secondary N) is 1. The van der Waals surface area contributed by atoms with Gasteiger partial charge in [0.2, 0.25) is 0 Å². The van der Waals surface area contributed by atoms with Gasteiger partial charge >= 0.3 is 5.97 Å². The minimum absolute atomic E-state index is 0.0457. The van der Waals surface area contributed by atoms with Crippen molar-refractivity contribution in [2.75, 3.05) is 33.7 Å². The fourth-order valence-corrected chi connectivity index (χ4v) is 1.65. The number of aryl methyl sites for hydroxylation is 1. The van der Waals surface area contributed by atoms with E-state index in [1.54, 1.807) is 6.92 Å². The Morgan fingerprint density at radius 2 is 1.95 bits per heavy atom. The molecule has 1 aromatic heterocycles. The molecular formula is C13H19N3O4. The van der Waals surface area contributed by atoms with Crippen molar-refractivity contribution in [3.8, 4) is 0 Å². The third-order valence-corrected chi connectivity index (χ3v) is 2.72. The Bertz CT molecular complexity index is 551. The van der Waals surface area contributed by atoms with Gasteiger partial charge in [-0.1, -0.05) is 0 Å². The van der Waals surface area contributed by atoms with Crippen molar-refractivity contribution in [1.82, 2.24) is 14.8 Å². The van der Waals surface area contributed by atoms with Crippen LogP contribution in [0.5, 0.6) is 0 Å². The first-order chi connectivity index (χ1) is 9.31. The Balaban J connectivity index is 2.96. The lowest BCUT2D eigenvalue weighted by Crippen LogP contribution is -2.41. The quantitative estimate of drug-likeness (QED) is 0.751. The topological polar surface area (TPSA) is 93.7 Å². The van der Waals surface area contributed by atoms with Gasteiger partial charge in [0, 0.05) is 31.0 Å². The minimum Gasteiger partial charge on any atom is -0.480 e. The van der Waals surface area contributed by atoms with Crippen molar-refractivity contribution in [2.24, 2.45) is 0 Å². The smallest absolute Gasteiger partial charge is 0.323 e. The average Bonchev–Trinajstić information content (AvgIpc) is 2.33. The number of H-pyrrole nitrogens is 1. The number of hydrogen-bond donors (Lipinski definition) is 2. The van der Waals surface area contributed by atoms with E-state index in [1.807, 2.05) is 19.0 Å². The Morgan fingerprint density at radius 1 is 1.30 bits per heavy atom. The summed E-state index contributed by atoms with van der Waals surface area (Å²) in [5.74, 6) is -1.68. The van der Waals surface area contributed by atoms with E-state index in [0.29, 0.717) is 12.2 Å². The lowest BCUT2D eigenvalue weighted by atomic mass is 10.2. The van der Waals surface area contributed by atoms with E-state index < -0.39 is 23.9 Å². The minimum atomic E-state index is -1.11. The standard InChI is InChI=1S/C13H19N3O4/c1-9-6-11(17)10(7-14-9)13(20)16(8-12(18)19)5-4-15(2)3/h6-7H,4-5,8H2,1-3H3,(H,14,17)(H,18,19). The van der Waals surface area contributed by atoms with Crippen LogP contribution in [0.2, 0.25) is 0 Å². The van der Waals surface area contributed by atoms with Crippen LogP contribution < -0.4 is 5.43 Å². The molecule has 0 unspecified atom stereocenters. The van der Waals surface area contributed by atoms with Gasteiger partial charge in [0.1, 0.15) is 12.1 Å². The van der Waals surface area contributed by atoms with Crippen molar-refractivity contribution in [3.63, 3.8) is 0 Å². The van der Waals surface area contributed by atoms with Crippen molar-refractivity contribution < 1.29 is 14.7 Å². The summed E-state index contributed by atoms with van der Waals surface area (Å²) < 4.78 is 0. The van der Waals surface area contributed by atoms with Gasteiger partial charge in [0.05, 0.1) is 0 Å². The largest absolute Gasteiger partial charge is 0.480 e. The van der Waals surface area contributed by atoms with Crippen LogP contribution in [0.25, 0.3) is 0 Å². The van der Waals surface area contributed by atoms with Crippen molar-refractivity contribution in [3.05, 3.63) is 33.7 Å². The first kappa shape index (κ1) is 15.9. The van der Waals surface area contributed by atoms with Gasteiger partial charge in [-0.2, -0.15) is 0 Å². The van der Waals surface area contributed by atoms with Crippen LogP contribution in [0.4, 0.5) is 0 Å². The SMILES string of the molecule is Cc1cc(=O)c(C(=O)N(CCN(C)C)CC(=O)O)c[nH]1. The number of nitrogens with zero attached hydrogens (tertiary/aromatic N) is 2. The predicted molar refractivity (Wildman–Crippen MR) is 73.9 cm³/mol. The zero-order valence-corrected chi connectivity index (χ0v) is 11.8. The lowest BCUT2D eigenvalue weighted by Gasteiger charge is -2.22. The highest BCUT2D eigenvalue weighted by molar-refractivity contribution is 5.95. The number of aromatic nitrogens is 1. The Labute approximate surface area is 116 Å². The number of likely N-dealkylation sites (N-methyl/N-ethyl adjacent to an activating group) is 1. The molecule has 0 bridgehead atoms. The summed E-state index contributed by atoms with van der Waals surface area (Å²) in [6, 6.07) is 1.32. The molecule has 0 atom stereocenters. The van der Waals surface area contributed by atoms with Crippen molar-refractivity contribution in [2.45, 2.75) is 6.92 Å². The number of aliphatic carboxylic acids is 1. The molecule has 0 aliphatic heterocycles. The summed E-state index contributed by atoms with van der Waals surface area (Å²) in [7, 11) is 3.64. The molecule has 0 radical (unpaired) electrons. The molecule has 1 amide bonds. The van der Waals surface area contributed by atoms with Crippen LogP contribution >= 0.6 is 0 Å². The highest BCUT2D eigenvalue weighted by atomic mass is 16.4. The molecule has 0 fully saturated rings. The van der Waals surface area contributed by atoms with E-state index in [4.69, 9.17) is 5.11 Å². The van der Waals surface area contributed by atoms with Gasteiger partial charge in [-0.15, -0.1) is 0 Å². The number of aromatic amines is 1. The number of carbonyl (C=O) groups is 2. The van der Waals surface area contributed by atoms with Gasteiger partial charge in [-0.25, -0.2) is 0 Å². The Kier molecular flexibility index (Phi) is 5.45. The second-order valence-corrected chi connectivity index (χ2v) is 4.82. The van der Waals surface area contributed by atoms with Crippen LogP contribution in [0.1, 0.15) is 16.1 Å². The number of rotatable bonds is 6. The zero-order valence-electron chi connectivity index (χ0n) is 11.8. The maximum absolute atomic E-state index is 12.2. The second-order valence-electron chi connectivity index (χ2n) is 4.82. The molecule has 20 heavy (non-hydrogen) atoms. The number of carboxylic acid groups (broad SMARTS) is 1. The Hall–Kier alpha value is -2.15. The fourth-order valence-electron chi connectivity index (χ4n) is 1.65. The van der Waals surface area contributed by atoms with Gasteiger partial charge in [-0.05, 0) is 21.0 Å². The van der Waals surface area contributed by atoms with E-state index in [2.05, 4.69) is 4.98 Å². The van der Waals surface area contributed by atoms with Crippen molar-refractivity contribution in [1.29, 1.82) is 0 Å². The molecule has 0 aliphatic carbocycles. The van der Waals surface area contributed by atoms with Crippen LogP contribution in [0, 0.1) is 6.92 Å². The van der Waals surface area contributed by atoms with Gasteiger partial charge in [0.15, 0.2) is 5.43 Å². The maximum atomic E-state index is 12.2. The first-order valence-electron chi connectivity index (χ1n) is 6.16. The van der Waals surface area contributed by atoms with E-state index in [9.17, 15) is 14.4 Å². The molecule has 0 aromatic carbocycles. The Morgan fingerprint density at radius 3 is 2.45 bits per heavy atom. The molecule has 7 nitrogen and oxygen atoms in total.